The topological polar surface area (TPSA) is 45.6 Å². The van der Waals surface area contributed by atoms with Crippen molar-refractivity contribution in [3.63, 3.8) is 0 Å². The lowest BCUT2D eigenvalue weighted by Gasteiger charge is -2.34. The highest BCUT2D eigenvalue weighted by Crippen LogP contribution is 2.17. The van der Waals surface area contributed by atoms with Gasteiger partial charge in [-0.3, -0.25) is 14.5 Å². The van der Waals surface area contributed by atoms with Gasteiger partial charge in [-0.1, -0.05) is 26.0 Å². The van der Waals surface area contributed by atoms with Crippen LogP contribution in [0.15, 0.2) is 30.3 Å². The second-order valence-electron chi connectivity index (χ2n) is 8.11. The van der Waals surface area contributed by atoms with Gasteiger partial charge in [-0.15, -0.1) is 0 Å². The summed E-state index contributed by atoms with van der Waals surface area (Å²) in [6.07, 6.45) is 0. The molecule has 0 radical (unpaired) electrons. The van der Waals surface area contributed by atoms with E-state index in [1.54, 1.807) is 0 Å². The SMILES string of the molecule is Cc1cc(C(=O)CN2CCN(C(=O)c3ccc(C(C)C)cc3)CC2)c(C)n1C. The lowest BCUT2D eigenvalue weighted by Crippen LogP contribution is -2.49. The summed E-state index contributed by atoms with van der Waals surface area (Å²) < 4.78 is 2.05. The minimum atomic E-state index is 0.0795. The van der Waals surface area contributed by atoms with Gasteiger partial charge in [0.25, 0.3) is 5.91 Å². The quantitative estimate of drug-likeness (QED) is 0.746. The highest BCUT2D eigenvalue weighted by atomic mass is 16.2. The zero-order chi connectivity index (χ0) is 20.4. The van der Waals surface area contributed by atoms with Crippen LogP contribution in [0.1, 0.15) is 57.4 Å². The molecule has 150 valence electrons. The van der Waals surface area contributed by atoms with Crippen molar-refractivity contribution in [1.29, 1.82) is 0 Å². The molecule has 1 aromatic carbocycles. The van der Waals surface area contributed by atoms with E-state index in [1.165, 1.54) is 5.56 Å². The summed E-state index contributed by atoms with van der Waals surface area (Å²) >= 11 is 0. The smallest absolute Gasteiger partial charge is 0.253 e. The Labute approximate surface area is 167 Å². The summed E-state index contributed by atoms with van der Waals surface area (Å²) in [6.45, 7) is 11.5. The molecular formula is C23H31N3O2. The van der Waals surface area contributed by atoms with E-state index in [0.29, 0.717) is 25.6 Å². The molecule has 2 heterocycles. The van der Waals surface area contributed by atoms with Crippen LogP contribution in [-0.4, -0.2) is 58.8 Å². The fraction of sp³-hybridized carbons (Fsp3) is 0.478. The normalized spacial score (nSPS) is 15.3. The van der Waals surface area contributed by atoms with E-state index in [2.05, 4.69) is 18.7 Å². The van der Waals surface area contributed by atoms with Gasteiger partial charge in [0, 0.05) is 55.7 Å². The number of ketones is 1. The number of hydrogen-bond donors (Lipinski definition) is 0. The largest absolute Gasteiger partial charge is 0.351 e. The van der Waals surface area contributed by atoms with Crippen molar-refractivity contribution in [2.45, 2.75) is 33.6 Å². The zero-order valence-electron chi connectivity index (χ0n) is 17.7. The molecule has 5 nitrogen and oxygen atoms in total. The fourth-order valence-corrected chi connectivity index (χ4v) is 3.73. The lowest BCUT2D eigenvalue weighted by atomic mass is 10.0. The van der Waals surface area contributed by atoms with E-state index in [-0.39, 0.29) is 11.7 Å². The van der Waals surface area contributed by atoms with Gasteiger partial charge >= 0.3 is 0 Å². The average molecular weight is 382 g/mol. The van der Waals surface area contributed by atoms with Gasteiger partial charge in [-0.2, -0.15) is 0 Å². The Kier molecular flexibility index (Phi) is 6.04. The first-order valence-electron chi connectivity index (χ1n) is 10.1. The summed E-state index contributed by atoms with van der Waals surface area (Å²) in [6, 6.07) is 9.90. The molecule has 1 amide bonds. The molecule has 0 bridgehead atoms. The first kappa shape index (κ1) is 20.3. The maximum Gasteiger partial charge on any atom is 0.253 e. The van der Waals surface area contributed by atoms with Gasteiger partial charge < -0.3 is 9.47 Å². The van der Waals surface area contributed by atoms with Crippen molar-refractivity contribution in [3.05, 3.63) is 58.4 Å². The number of carbonyl (C=O) groups is 2. The number of nitrogens with zero attached hydrogens (tertiary/aromatic N) is 3. The minimum absolute atomic E-state index is 0.0795. The first-order chi connectivity index (χ1) is 13.3. The molecule has 1 aromatic heterocycles. The van der Waals surface area contributed by atoms with E-state index >= 15 is 0 Å². The third-order valence-corrected chi connectivity index (χ3v) is 5.93. The molecule has 2 aromatic rings. The average Bonchev–Trinajstić information content (AvgIpc) is 2.95. The van der Waals surface area contributed by atoms with E-state index in [1.807, 2.05) is 60.7 Å². The molecule has 3 rings (SSSR count). The van der Waals surface area contributed by atoms with Crippen LogP contribution in [0, 0.1) is 13.8 Å². The van der Waals surface area contributed by atoms with Crippen molar-refractivity contribution in [1.82, 2.24) is 14.4 Å². The number of benzene rings is 1. The zero-order valence-corrected chi connectivity index (χ0v) is 17.7. The summed E-state index contributed by atoms with van der Waals surface area (Å²) in [5.74, 6) is 0.698. The summed E-state index contributed by atoms with van der Waals surface area (Å²) in [4.78, 5) is 29.5. The van der Waals surface area contributed by atoms with Crippen molar-refractivity contribution < 1.29 is 9.59 Å². The third-order valence-electron chi connectivity index (χ3n) is 5.93. The molecule has 0 atom stereocenters. The van der Waals surface area contributed by atoms with E-state index < -0.39 is 0 Å². The highest BCUT2D eigenvalue weighted by molar-refractivity contribution is 5.99. The summed E-state index contributed by atoms with van der Waals surface area (Å²) in [7, 11) is 1.99. The molecule has 0 aliphatic carbocycles. The molecule has 1 aliphatic heterocycles. The molecule has 1 fully saturated rings. The molecule has 0 unspecified atom stereocenters. The van der Waals surface area contributed by atoms with Crippen LogP contribution in [0.3, 0.4) is 0 Å². The van der Waals surface area contributed by atoms with Crippen molar-refractivity contribution in [3.8, 4) is 0 Å². The number of Topliss-reactive ketones (excluding diaryl/α,β-unsaturated/α-hetero) is 1. The summed E-state index contributed by atoms with van der Waals surface area (Å²) in [5, 5.41) is 0. The van der Waals surface area contributed by atoms with Crippen LogP contribution in [0.5, 0.6) is 0 Å². The molecule has 0 saturated carbocycles. The monoisotopic (exact) mass is 381 g/mol. The van der Waals surface area contributed by atoms with Gasteiger partial charge in [0.2, 0.25) is 0 Å². The predicted molar refractivity (Wildman–Crippen MR) is 112 cm³/mol. The number of aryl methyl sites for hydroxylation is 1. The number of piperazine rings is 1. The molecule has 5 heteroatoms. The predicted octanol–water partition coefficient (Wildman–Crippen LogP) is 3.41. The van der Waals surface area contributed by atoms with Crippen molar-refractivity contribution in [2.75, 3.05) is 32.7 Å². The molecule has 0 spiro atoms. The minimum Gasteiger partial charge on any atom is -0.351 e. The van der Waals surface area contributed by atoms with E-state index in [4.69, 9.17) is 0 Å². The molecule has 28 heavy (non-hydrogen) atoms. The Balaban J connectivity index is 1.56. The summed E-state index contributed by atoms with van der Waals surface area (Å²) in [5.41, 5.74) is 4.90. The van der Waals surface area contributed by atoms with Crippen LogP contribution < -0.4 is 0 Å². The Morgan fingerprint density at radius 3 is 2.11 bits per heavy atom. The Morgan fingerprint density at radius 2 is 1.61 bits per heavy atom. The van der Waals surface area contributed by atoms with Crippen LogP contribution >= 0.6 is 0 Å². The number of carbonyl (C=O) groups excluding carboxylic acids is 2. The molecular weight excluding hydrogens is 350 g/mol. The maximum absolute atomic E-state index is 12.8. The van der Waals surface area contributed by atoms with Gasteiger partial charge in [0.05, 0.1) is 6.54 Å². The molecule has 0 N–H and O–H groups in total. The fourth-order valence-electron chi connectivity index (χ4n) is 3.73. The highest BCUT2D eigenvalue weighted by Gasteiger charge is 2.24. The lowest BCUT2D eigenvalue weighted by molar-refractivity contribution is 0.0624. The van der Waals surface area contributed by atoms with Crippen molar-refractivity contribution >= 4 is 11.7 Å². The number of amides is 1. The van der Waals surface area contributed by atoms with Crippen molar-refractivity contribution in [2.24, 2.45) is 7.05 Å². The Hall–Kier alpha value is -2.40. The van der Waals surface area contributed by atoms with Gasteiger partial charge in [0.1, 0.15) is 0 Å². The Morgan fingerprint density at radius 1 is 1.00 bits per heavy atom. The van der Waals surface area contributed by atoms with E-state index in [9.17, 15) is 9.59 Å². The van der Waals surface area contributed by atoms with Gasteiger partial charge in [-0.25, -0.2) is 0 Å². The van der Waals surface area contributed by atoms with Crippen LogP contribution in [0.25, 0.3) is 0 Å². The third kappa shape index (κ3) is 4.20. The number of rotatable bonds is 5. The van der Waals surface area contributed by atoms with E-state index in [0.717, 1.165) is 35.6 Å². The first-order valence-corrected chi connectivity index (χ1v) is 10.1. The number of hydrogen-bond acceptors (Lipinski definition) is 3. The van der Waals surface area contributed by atoms with Gasteiger partial charge in [0.15, 0.2) is 5.78 Å². The van der Waals surface area contributed by atoms with Crippen LogP contribution in [0.4, 0.5) is 0 Å². The number of aromatic nitrogens is 1. The molecule has 1 saturated heterocycles. The standard InChI is InChI=1S/C23H31N3O2/c1-16(2)19-6-8-20(9-7-19)23(28)26-12-10-25(11-13-26)15-22(27)21-14-17(3)24(5)18(21)4/h6-9,14,16H,10-13,15H2,1-5H3. The second kappa shape index (κ2) is 8.31. The van der Waals surface area contributed by atoms with Crippen LogP contribution in [0.2, 0.25) is 0 Å². The maximum atomic E-state index is 12.8. The van der Waals surface area contributed by atoms with Crippen LogP contribution in [-0.2, 0) is 7.05 Å². The second-order valence-corrected chi connectivity index (χ2v) is 8.11. The van der Waals surface area contributed by atoms with Gasteiger partial charge in [-0.05, 0) is 43.5 Å². The Bertz CT molecular complexity index is 857. The molecule has 1 aliphatic rings.